The van der Waals surface area contributed by atoms with E-state index < -0.39 is 17.4 Å². The lowest BCUT2D eigenvalue weighted by Gasteiger charge is -2.37. The van der Waals surface area contributed by atoms with Crippen molar-refractivity contribution in [3.05, 3.63) is 23.9 Å². The Hall–Kier alpha value is -2.11. The molecule has 1 aliphatic rings. The molecule has 1 aromatic rings. The first-order valence-electron chi connectivity index (χ1n) is 7.25. The smallest absolute Gasteiger partial charge is 0.329 e. The molecular formula is C15H21N3O3. The predicted molar refractivity (Wildman–Crippen MR) is 79.0 cm³/mol. The number of nitrogens with zero attached hydrogens (tertiary/aromatic N) is 1. The lowest BCUT2D eigenvalue weighted by Crippen LogP contribution is -2.49. The third-order valence-corrected chi connectivity index (χ3v) is 4.31. The van der Waals surface area contributed by atoms with Crippen LogP contribution in [0, 0.1) is 5.92 Å². The van der Waals surface area contributed by atoms with Crippen molar-refractivity contribution in [3.63, 3.8) is 0 Å². The highest BCUT2D eigenvalue weighted by molar-refractivity contribution is 5.91. The minimum absolute atomic E-state index is 0.128. The maximum atomic E-state index is 11.7. The van der Waals surface area contributed by atoms with Crippen LogP contribution in [0.25, 0.3) is 0 Å². The number of carboxylic acids is 1. The van der Waals surface area contributed by atoms with E-state index in [0.717, 1.165) is 19.3 Å². The van der Waals surface area contributed by atoms with Gasteiger partial charge in [-0.3, -0.25) is 4.79 Å². The van der Waals surface area contributed by atoms with Gasteiger partial charge in [-0.15, -0.1) is 0 Å². The summed E-state index contributed by atoms with van der Waals surface area (Å²) in [5.74, 6) is -0.533. The molecule has 2 rings (SSSR count). The molecule has 0 bridgehead atoms. The quantitative estimate of drug-likeness (QED) is 0.769. The van der Waals surface area contributed by atoms with E-state index in [2.05, 4.69) is 17.2 Å². The Balaban J connectivity index is 2.19. The summed E-state index contributed by atoms with van der Waals surface area (Å²) in [6.45, 7) is 2.13. The molecule has 6 nitrogen and oxygen atoms in total. The molecule has 0 unspecified atom stereocenters. The Kier molecular flexibility index (Phi) is 4.45. The van der Waals surface area contributed by atoms with E-state index in [0.29, 0.717) is 24.6 Å². The first-order chi connectivity index (χ1) is 9.97. The lowest BCUT2D eigenvalue weighted by atomic mass is 9.75. The normalized spacial score (nSPS) is 25.3. The summed E-state index contributed by atoms with van der Waals surface area (Å²) in [6, 6.07) is 4.81. The van der Waals surface area contributed by atoms with E-state index in [1.165, 1.54) is 6.07 Å². The molecule has 1 aromatic heterocycles. The summed E-state index contributed by atoms with van der Waals surface area (Å²) < 4.78 is 0. The molecule has 4 N–H and O–H groups in total. The van der Waals surface area contributed by atoms with Gasteiger partial charge >= 0.3 is 5.97 Å². The Morgan fingerprint density at radius 2 is 2.10 bits per heavy atom. The third kappa shape index (κ3) is 3.32. The first-order valence-corrected chi connectivity index (χ1v) is 7.25. The van der Waals surface area contributed by atoms with Gasteiger partial charge in [-0.25, -0.2) is 9.78 Å². The monoisotopic (exact) mass is 291 g/mol. The zero-order chi connectivity index (χ0) is 15.5. The number of hydrogen-bond donors (Lipinski definition) is 3. The summed E-state index contributed by atoms with van der Waals surface area (Å²) >= 11 is 0. The Morgan fingerprint density at radius 3 is 2.62 bits per heavy atom. The zero-order valence-electron chi connectivity index (χ0n) is 12.1. The zero-order valence-corrected chi connectivity index (χ0v) is 12.1. The van der Waals surface area contributed by atoms with Crippen LogP contribution in [-0.4, -0.2) is 27.5 Å². The minimum atomic E-state index is -1.01. The molecule has 1 aliphatic carbocycles. The van der Waals surface area contributed by atoms with Gasteiger partial charge in [0.05, 0.1) is 0 Å². The Labute approximate surface area is 123 Å². The second-order valence-electron chi connectivity index (χ2n) is 5.64. The molecule has 1 saturated carbocycles. The predicted octanol–water partition coefficient (Wildman–Crippen LogP) is 2.02. The minimum Gasteiger partial charge on any atom is -0.480 e. The van der Waals surface area contributed by atoms with E-state index >= 15 is 0 Å². The van der Waals surface area contributed by atoms with Gasteiger partial charge in [0.1, 0.15) is 17.1 Å². The first kappa shape index (κ1) is 15.3. The number of hydrogen-bond acceptors (Lipinski definition) is 4. The fraction of sp³-hybridized carbons (Fsp3) is 0.533. The van der Waals surface area contributed by atoms with Gasteiger partial charge in [-0.05, 0) is 43.7 Å². The van der Waals surface area contributed by atoms with Gasteiger partial charge in [-0.2, -0.15) is 0 Å². The number of amides is 1. The van der Waals surface area contributed by atoms with Crippen LogP contribution in [0.15, 0.2) is 18.2 Å². The average molecular weight is 291 g/mol. The van der Waals surface area contributed by atoms with Crippen LogP contribution < -0.4 is 11.1 Å². The fourth-order valence-corrected chi connectivity index (χ4v) is 2.86. The van der Waals surface area contributed by atoms with Crippen LogP contribution in [-0.2, 0) is 4.79 Å². The van der Waals surface area contributed by atoms with Gasteiger partial charge in [0, 0.05) is 0 Å². The molecule has 0 radical (unpaired) electrons. The second-order valence-corrected chi connectivity index (χ2v) is 5.64. The highest BCUT2D eigenvalue weighted by atomic mass is 16.4. The fourth-order valence-electron chi connectivity index (χ4n) is 2.86. The summed E-state index contributed by atoms with van der Waals surface area (Å²) in [4.78, 5) is 27.0. The summed E-state index contributed by atoms with van der Waals surface area (Å²) in [6.07, 6.45) is 3.95. The van der Waals surface area contributed by atoms with Gasteiger partial charge in [0.25, 0.3) is 5.91 Å². The van der Waals surface area contributed by atoms with Gasteiger partial charge < -0.3 is 16.2 Å². The number of aromatic nitrogens is 1. The van der Waals surface area contributed by atoms with Gasteiger partial charge in [0.2, 0.25) is 0 Å². The van der Waals surface area contributed by atoms with E-state index in [1.807, 2.05) is 0 Å². The van der Waals surface area contributed by atoms with Crippen molar-refractivity contribution in [1.82, 2.24) is 4.98 Å². The molecule has 0 spiro atoms. The molecule has 6 heteroatoms. The molecule has 0 saturated heterocycles. The van der Waals surface area contributed by atoms with Crippen molar-refractivity contribution in [2.75, 3.05) is 5.32 Å². The van der Waals surface area contributed by atoms with E-state index in [9.17, 15) is 14.7 Å². The number of anilines is 1. The summed E-state index contributed by atoms with van der Waals surface area (Å²) in [5.41, 5.74) is 4.32. The molecule has 114 valence electrons. The Morgan fingerprint density at radius 1 is 1.43 bits per heavy atom. The SMILES string of the molecule is CCC1CCC(Nc2cccc(C(N)=O)n2)(C(=O)O)CC1. The van der Waals surface area contributed by atoms with Crippen LogP contribution in [0.3, 0.4) is 0 Å². The number of carbonyl (C=O) groups excluding carboxylic acids is 1. The van der Waals surface area contributed by atoms with E-state index in [1.54, 1.807) is 12.1 Å². The number of nitrogens with one attached hydrogen (secondary N) is 1. The number of primary amides is 1. The summed E-state index contributed by atoms with van der Waals surface area (Å²) in [5, 5.41) is 12.6. The number of pyridine rings is 1. The van der Waals surface area contributed by atoms with Crippen LogP contribution in [0.2, 0.25) is 0 Å². The van der Waals surface area contributed by atoms with Crippen molar-refractivity contribution in [2.24, 2.45) is 11.7 Å². The van der Waals surface area contributed by atoms with Crippen molar-refractivity contribution in [2.45, 2.75) is 44.6 Å². The second kappa shape index (κ2) is 6.11. The molecule has 1 heterocycles. The molecule has 0 aromatic carbocycles. The van der Waals surface area contributed by atoms with E-state index in [4.69, 9.17) is 5.73 Å². The molecule has 1 amide bonds. The Bertz CT molecular complexity index is 537. The van der Waals surface area contributed by atoms with Crippen molar-refractivity contribution < 1.29 is 14.7 Å². The van der Waals surface area contributed by atoms with E-state index in [-0.39, 0.29) is 5.69 Å². The highest BCUT2D eigenvalue weighted by Gasteiger charge is 2.42. The number of carboxylic acid groups (broad SMARTS) is 1. The summed E-state index contributed by atoms with van der Waals surface area (Å²) in [7, 11) is 0. The van der Waals surface area contributed by atoms with Gasteiger partial charge in [0.15, 0.2) is 0 Å². The molecule has 0 atom stereocenters. The molecule has 1 fully saturated rings. The van der Waals surface area contributed by atoms with Crippen molar-refractivity contribution in [1.29, 1.82) is 0 Å². The lowest BCUT2D eigenvalue weighted by molar-refractivity contribution is -0.143. The van der Waals surface area contributed by atoms with Gasteiger partial charge in [-0.1, -0.05) is 19.4 Å². The molecular weight excluding hydrogens is 270 g/mol. The number of aliphatic carboxylic acids is 1. The standard InChI is InChI=1S/C15H21N3O3/c1-2-10-6-8-15(9-7-10,14(20)21)18-12-5-3-4-11(17-12)13(16)19/h3-5,10H,2,6-9H2,1H3,(H2,16,19)(H,17,18)(H,20,21). The van der Waals surface area contributed by atoms with Crippen LogP contribution in [0.4, 0.5) is 5.82 Å². The largest absolute Gasteiger partial charge is 0.480 e. The number of carbonyl (C=O) groups is 2. The van der Waals surface area contributed by atoms with Crippen molar-refractivity contribution >= 4 is 17.7 Å². The third-order valence-electron chi connectivity index (χ3n) is 4.31. The van der Waals surface area contributed by atoms with Crippen molar-refractivity contribution in [3.8, 4) is 0 Å². The highest BCUT2D eigenvalue weighted by Crippen LogP contribution is 2.36. The topological polar surface area (TPSA) is 105 Å². The maximum Gasteiger partial charge on any atom is 0.329 e. The average Bonchev–Trinajstić information content (AvgIpc) is 2.48. The molecule has 21 heavy (non-hydrogen) atoms. The number of rotatable bonds is 5. The van der Waals surface area contributed by atoms with Crippen LogP contribution in [0.1, 0.15) is 49.5 Å². The molecule has 0 aliphatic heterocycles. The van der Waals surface area contributed by atoms with Crippen LogP contribution >= 0.6 is 0 Å². The maximum absolute atomic E-state index is 11.7. The van der Waals surface area contributed by atoms with Crippen LogP contribution in [0.5, 0.6) is 0 Å². The number of nitrogens with two attached hydrogens (primary N) is 1.